The van der Waals surface area contributed by atoms with E-state index in [0.717, 1.165) is 10.1 Å². The molecule has 0 radical (unpaired) electrons. The summed E-state index contributed by atoms with van der Waals surface area (Å²) in [7, 11) is -3.82. The third-order valence-corrected chi connectivity index (χ3v) is 8.46. The van der Waals surface area contributed by atoms with Gasteiger partial charge in [-0.25, -0.2) is 13.2 Å². The Morgan fingerprint density at radius 3 is 2.66 bits per heavy atom. The van der Waals surface area contributed by atoms with Gasteiger partial charge in [0.2, 0.25) is 15.9 Å². The monoisotopic (exact) mass is 492 g/mol. The zero-order chi connectivity index (χ0) is 22.9. The molecular formula is C22H21ClN2O5S2. The maximum Gasteiger partial charge on any atom is 0.348 e. The molecule has 168 valence electrons. The summed E-state index contributed by atoms with van der Waals surface area (Å²) in [5.74, 6) is -0.770. The number of nitrogens with zero attached hydrogens (tertiary/aromatic N) is 1. The maximum absolute atomic E-state index is 13.1. The minimum Gasteiger partial charge on any atom is -0.462 e. The van der Waals surface area contributed by atoms with Gasteiger partial charge in [0.05, 0.1) is 11.5 Å². The standard InChI is InChI=1S/C22H21ClN2O5S2/c1-2-30-22(27)20-13-14-12-16(7-10-19(14)31-20)24-21(26)18-4-3-11-25(18)32(28,29)17-8-5-15(23)6-9-17/h5-10,12-13,18H,2-4,11H2,1H3,(H,24,26)/t18-/m0/s1. The van der Waals surface area contributed by atoms with Crippen molar-refractivity contribution < 1.29 is 22.7 Å². The number of carbonyl (C=O) groups is 2. The lowest BCUT2D eigenvalue weighted by molar-refractivity contribution is -0.119. The van der Waals surface area contributed by atoms with Crippen LogP contribution >= 0.6 is 22.9 Å². The molecule has 32 heavy (non-hydrogen) atoms. The van der Waals surface area contributed by atoms with Gasteiger partial charge in [0, 0.05) is 22.0 Å². The van der Waals surface area contributed by atoms with Gasteiger partial charge in [-0.05, 0) is 73.7 Å². The van der Waals surface area contributed by atoms with Crippen LogP contribution in [0, 0.1) is 0 Å². The zero-order valence-electron chi connectivity index (χ0n) is 17.2. The summed E-state index contributed by atoms with van der Waals surface area (Å²) in [6, 6.07) is 12.1. The average molecular weight is 493 g/mol. The Hall–Kier alpha value is -2.46. The van der Waals surface area contributed by atoms with E-state index in [1.54, 1.807) is 25.1 Å². The van der Waals surface area contributed by atoms with Gasteiger partial charge in [-0.1, -0.05) is 11.6 Å². The molecule has 1 aromatic heterocycles. The molecule has 1 aliphatic heterocycles. The first-order valence-electron chi connectivity index (χ1n) is 10.1. The van der Waals surface area contributed by atoms with E-state index in [1.165, 1.54) is 39.9 Å². The van der Waals surface area contributed by atoms with E-state index in [1.807, 2.05) is 6.07 Å². The van der Waals surface area contributed by atoms with Crippen LogP contribution in [0.25, 0.3) is 10.1 Å². The molecule has 1 aliphatic rings. The molecule has 0 unspecified atom stereocenters. The van der Waals surface area contributed by atoms with Crippen molar-refractivity contribution in [1.29, 1.82) is 0 Å². The molecule has 1 saturated heterocycles. The van der Waals surface area contributed by atoms with Gasteiger partial charge in [0.1, 0.15) is 10.9 Å². The highest BCUT2D eigenvalue weighted by Gasteiger charge is 2.39. The van der Waals surface area contributed by atoms with Gasteiger partial charge in [0.15, 0.2) is 0 Å². The number of nitrogens with one attached hydrogen (secondary N) is 1. The lowest BCUT2D eigenvalue weighted by atomic mass is 10.2. The zero-order valence-corrected chi connectivity index (χ0v) is 19.6. The van der Waals surface area contributed by atoms with E-state index in [-0.39, 0.29) is 23.3 Å². The molecule has 0 saturated carbocycles. The van der Waals surface area contributed by atoms with Crippen LogP contribution in [0.1, 0.15) is 29.4 Å². The van der Waals surface area contributed by atoms with Crippen molar-refractivity contribution in [2.24, 2.45) is 0 Å². The van der Waals surface area contributed by atoms with Gasteiger partial charge >= 0.3 is 5.97 Å². The number of esters is 1. The number of anilines is 1. The van der Waals surface area contributed by atoms with Crippen molar-refractivity contribution >= 4 is 60.6 Å². The SMILES string of the molecule is CCOC(=O)c1cc2cc(NC(=O)[C@@H]3CCCN3S(=O)(=O)c3ccc(Cl)cc3)ccc2s1. The van der Waals surface area contributed by atoms with Crippen LogP contribution in [0.5, 0.6) is 0 Å². The van der Waals surface area contributed by atoms with E-state index in [0.29, 0.717) is 35.0 Å². The smallest absolute Gasteiger partial charge is 0.348 e. The van der Waals surface area contributed by atoms with E-state index in [9.17, 15) is 18.0 Å². The van der Waals surface area contributed by atoms with Crippen LogP contribution in [-0.2, 0) is 19.6 Å². The number of benzene rings is 2. The number of carbonyl (C=O) groups excluding carboxylic acids is 2. The Morgan fingerprint density at radius 2 is 1.94 bits per heavy atom. The summed E-state index contributed by atoms with van der Waals surface area (Å²) in [4.78, 5) is 25.5. The summed E-state index contributed by atoms with van der Waals surface area (Å²) in [6.07, 6.45) is 1.03. The summed E-state index contributed by atoms with van der Waals surface area (Å²) < 4.78 is 33.3. The highest BCUT2D eigenvalue weighted by molar-refractivity contribution is 7.89. The number of sulfonamides is 1. The predicted molar refractivity (Wildman–Crippen MR) is 125 cm³/mol. The molecule has 2 heterocycles. The van der Waals surface area contributed by atoms with Gasteiger partial charge in [-0.3, -0.25) is 4.79 Å². The van der Waals surface area contributed by atoms with Gasteiger partial charge < -0.3 is 10.1 Å². The number of hydrogen-bond acceptors (Lipinski definition) is 6. The minimum absolute atomic E-state index is 0.104. The van der Waals surface area contributed by atoms with Crippen molar-refractivity contribution in [2.45, 2.75) is 30.7 Å². The van der Waals surface area contributed by atoms with E-state index in [2.05, 4.69) is 5.32 Å². The lowest BCUT2D eigenvalue weighted by Crippen LogP contribution is -2.43. The molecule has 7 nitrogen and oxygen atoms in total. The fourth-order valence-electron chi connectivity index (χ4n) is 3.68. The number of thiophene rings is 1. The van der Waals surface area contributed by atoms with Crippen molar-refractivity contribution in [3.8, 4) is 0 Å². The molecule has 1 N–H and O–H groups in total. The molecule has 1 amide bonds. The van der Waals surface area contributed by atoms with Crippen molar-refractivity contribution in [1.82, 2.24) is 4.31 Å². The second kappa shape index (κ2) is 9.19. The number of fused-ring (bicyclic) bond motifs is 1. The van der Waals surface area contributed by atoms with Crippen molar-refractivity contribution in [2.75, 3.05) is 18.5 Å². The fraction of sp³-hybridized carbons (Fsp3) is 0.273. The summed E-state index contributed by atoms with van der Waals surface area (Å²) >= 11 is 7.19. The molecule has 4 rings (SSSR count). The van der Waals surface area contributed by atoms with Gasteiger partial charge in [-0.2, -0.15) is 4.31 Å². The van der Waals surface area contributed by atoms with Crippen LogP contribution in [0.4, 0.5) is 5.69 Å². The molecule has 0 aliphatic carbocycles. The Balaban J connectivity index is 1.53. The van der Waals surface area contributed by atoms with Crippen LogP contribution < -0.4 is 5.32 Å². The first-order chi connectivity index (χ1) is 15.3. The van der Waals surface area contributed by atoms with E-state index >= 15 is 0 Å². The van der Waals surface area contributed by atoms with Gasteiger partial charge in [0.25, 0.3) is 0 Å². The van der Waals surface area contributed by atoms with E-state index < -0.39 is 16.1 Å². The number of hydrogen-bond donors (Lipinski definition) is 1. The number of ether oxygens (including phenoxy) is 1. The quantitative estimate of drug-likeness (QED) is 0.510. The normalized spacial score (nSPS) is 16.9. The molecule has 1 fully saturated rings. The minimum atomic E-state index is -3.82. The predicted octanol–water partition coefficient (Wildman–Crippen LogP) is 4.52. The van der Waals surface area contributed by atoms with Crippen LogP contribution in [0.2, 0.25) is 5.02 Å². The third kappa shape index (κ3) is 4.52. The second-order valence-corrected chi connectivity index (χ2v) is 10.7. The third-order valence-electron chi connectivity index (χ3n) is 5.19. The second-order valence-electron chi connectivity index (χ2n) is 7.30. The van der Waals surface area contributed by atoms with Crippen LogP contribution in [-0.4, -0.2) is 43.8 Å². The molecular weight excluding hydrogens is 472 g/mol. The van der Waals surface area contributed by atoms with E-state index in [4.69, 9.17) is 16.3 Å². The molecule has 1 atom stereocenters. The van der Waals surface area contributed by atoms with Gasteiger partial charge in [-0.15, -0.1) is 11.3 Å². The highest BCUT2D eigenvalue weighted by atomic mass is 35.5. The molecule has 2 aromatic carbocycles. The van der Waals surface area contributed by atoms with Crippen LogP contribution in [0.3, 0.4) is 0 Å². The van der Waals surface area contributed by atoms with Crippen LogP contribution in [0.15, 0.2) is 53.4 Å². The Labute approximate surface area is 195 Å². The summed E-state index contributed by atoms with van der Waals surface area (Å²) in [5.41, 5.74) is 0.534. The largest absolute Gasteiger partial charge is 0.462 e. The molecule has 0 spiro atoms. The average Bonchev–Trinajstić information content (AvgIpc) is 3.42. The molecule has 0 bridgehead atoms. The Bertz CT molecular complexity index is 1270. The number of amides is 1. The van der Waals surface area contributed by atoms with Crippen molar-refractivity contribution in [3.05, 3.63) is 58.4 Å². The summed E-state index contributed by atoms with van der Waals surface area (Å²) in [6.45, 7) is 2.32. The molecule has 10 heteroatoms. The first kappa shape index (κ1) is 22.7. The summed E-state index contributed by atoms with van der Waals surface area (Å²) in [5, 5.41) is 4.06. The Morgan fingerprint density at radius 1 is 1.19 bits per heavy atom. The Kier molecular flexibility index (Phi) is 6.52. The number of halogens is 1. The van der Waals surface area contributed by atoms with Crippen molar-refractivity contribution in [3.63, 3.8) is 0 Å². The fourth-order valence-corrected chi connectivity index (χ4v) is 6.40. The maximum atomic E-state index is 13.1. The number of rotatable bonds is 6. The lowest BCUT2D eigenvalue weighted by Gasteiger charge is -2.23. The highest BCUT2D eigenvalue weighted by Crippen LogP contribution is 2.30. The topological polar surface area (TPSA) is 92.8 Å². The first-order valence-corrected chi connectivity index (χ1v) is 12.7. The molecule has 3 aromatic rings.